The van der Waals surface area contributed by atoms with Crippen molar-refractivity contribution in [1.82, 2.24) is 15.2 Å². The third kappa shape index (κ3) is 3.37. The highest BCUT2D eigenvalue weighted by molar-refractivity contribution is 8.01. The molecule has 0 radical (unpaired) electrons. The molecule has 0 saturated heterocycles. The smallest absolute Gasteiger partial charge is 0.269 e. The number of thiophene rings is 1. The molecular weight excluding hydrogens is 356 g/mol. The van der Waals surface area contributed by atoms with E-state index in [0.29, 0.717) is 10.0 Å². The lowest BCUT2D eigenvalue weighted by Crippen LogP contribution is -2.11. The standard InChI is InChI=1S/C13H12N4OS4/c1-3-20-13-17-16-12(22-13)15-10(18)9-7(2)14-11(21-9)8-4-5-19-6-8/h4-6H,3H2,1-2H3,(H,15,16,18). The zero-order chi connectivity index (χ0) is 15.5. The Morgan fingerprint density at radius 2 is 2.23 bits per heavy atom. The van der Waals surface area contributed by atoms with Crippen molar-refractivity contribution in [1.29, 1.82) is 0 Å². The number of nitrogens with one attached hydrogen (secondary N) is 1. The molecule has 9 heteroatoms. The van der Waals surface area contributed by atoms with Crippen LogP contribution in [0.15, 0.2) is 21.2 Å². The summed E-state index contributed by atoms with van der Waals surface area (Å²) in [5, 5.41) is 16.2. The van der Waals surface area contributed by atoms with E-state index in [2.05, 4.69) is 27.4 Å². The van der Waals surface area contributed by atoms with Crippen LogP contribution in [0.3, 0.4) is 0 Å². The fraction of sp³-hybridized carbons (Fsp3) is 0.231. The molecule has 3 heterocycles. The van der Waals surface area contributed by atoms with Crippen molar-refractivity contribution in [3.05, 3.63) is 27.4 Å². The van der Waals surface area contributed by atoms with Crippen LogP contribution >= 0.6 is 45.8 Å². The molecule has 22 heavy (non-hydrogen) atoms. The number of carbonyl (C=O) groups excluding carboxylic acids is 1. The molecule has 5 nitrogen and oxygen atoms in total. The monoisotopic (exact) mass is 368 g/mol. The molecule has 3 aromatic rings. The van der Waals surface area contributed by atoms with Gasteiger partial charge in [0.15, 0.2) is 4.34 Å². The van der Waals surface area contributed by atoms with Gasteiger partial charge in [0.2, 0.25) is 5.13 Å². The number of thioether (sulfide) groups is 1. The second-order valence-corrected chi connectivity index (χ2v) is 8.47. The van der Waals surface area contributed by atoms with Gasteiger partial charge in [0.05, 0.1) is 5.69 Å². The van der Waals surface area contributed by atoms with Gasteiger partial charge in [-0.1, -0.05) is 30.0 Å². The molecule has 114 valence electrons. The van der Waals surface area contributed by atoms with Crippen LogP contribution in [0.5, 0.6) is 0 Å². The third-order valence-corrected chi connectivity index (χ3v) is 6.41. The fourth-order valence-corrected chi connectivity index (χ4v) is 5.03. The summed E-state index contributed by atoms with van der Waals surface area (Å²) in [7, 11) is 0. The summed E-state index contributed by atoms with van der Waals surface area (Å²) >= 11 is 6.01. The van der Waals surface area contributed by atoms with Crippen molar-refractivity contribution in [2.45, 2.75) is 18.2 Å². The van der Waals surface area contributed by atoms with Crippen LogP contribution in [0.2, 0.25) is 0 Å². The largest absolute Gasteiger partial charge is 0.296 e. The van der Waals surface area contributed by atoms with Gasteiger partial charge < -0.3 is 0 Å². The summed E-state index contributed by atoms with van der Waals surface area (Å²) in [6.07, 6.45) is 0. The summed E-state index contributed by atoms with van der Waals surface area (Å²) in [5.74, 6) is 0.751. The van der Waals surface area contributed by atoms with E-state index in [0.717, 1.165) is 26.4 Å². The maximum Gasteiger partial charge on any atom is 0.269 e. The van der Waals surface area contributed by atoms with E-state index in [9.17, 15) is 4.79 Å². The van der Waals surface area contributed by atoms with Gasteiger partial charge in [0.1, 0.15) is 9.88 Å². The molecule has 0 aliphatic heterocycles. The number of rotatable bonds is 5. The number of hydrogen-bond donors (Lipinski definition) is 1. The normalized spacial score (nSPS) is 10.8. The minimum absolute atomic E-state index is 0.180. The van der Waals surface area contributed by atoms with Gasteiger partial charge >= 0.3 is 0 Å². The molecule has 0 saturated carbocycles. The van der Waals surface area contributed by atoms with E-state index >= 15 is 0 Å². The quantitative estimate of drug-likeness (QED) is 0.534. The van der Waals surface area contributed by atoms with E-state index in [1.165, 1.54) is 22.7 Å². The van der Waals surface area contributed by atoms with Crippen molar-refractivity contribution >= 4 is 56.8 Å². The second-order valence-electron chi connectivity index (χ2n) is 4.21. The number of carbonyl (C=O) groups is 1. The third-order valence-electron chi connectivity index (χ3n) is 2.67. The molecule has 1 N–H and O–H groups in total. The molecule has 0 spiro atoms. The van der Waals surface area contributed by atoms with E-state index in [4.69, 9.17) is 0 Å². The average molecular weight is 369 g/mol. The van der Waals surface area contributed by atoms with Gasteiger partial charge in [0.25, 0.3) is 5.91 Å². The number of amides is 1. The average Bonchev–Trinajstić information content (AvgIpc) is 3.19. The summed E-state index contributed by atoms with van der Waals surface area (Å²) in [6.45, 7) is 3.90. The Bertz CT molecular complexity index is 778. The van der Waals surface area contributed by atoms with Crippen LogP contribution in [0.4, 0.5) is 5.13 Å². The maximum atomic E-state index is 12.4. The highest BCUT2D eigenvalue weighted by Crippen LogP contribution is 2.30. The SMILES string of the molecule is CCSc1nnc(NC(=O)c2sc(-c3ccsc3)nc2C)s1. The lowest BCUT2D eigenvalue weighted by molar-refractivity contribution is 0.102. The Labute approximate surface area is 143 Å². The molecular formula is C13H12N4OS4. The first kappa shape index (κ1) is 15.6. The zero-order valence-electron chi connectivity index (χ0n) is 11.8. The number of anilines is 1. The van der Waals surface area contributed by atoms with Crippen LogP contribution in [-0.4, -0.2) is 26.8 Å². The van der Waals surface area contributed by atoms with E-state index < -0.39 is 0 Å². The summed E-state index contributed by atoms with van der Waals surface area (Å²) in [4.78, 5) is 17.5. The van der Waals surface area contributed by atoms with Crippen LogP contribution in [-0.2, 0) is 0 Å². The van der Waals surface area contributed by atoms with Gasteiger partial charge in [-0.2, -0.15) is 11.3 Å². The van der Waals surface area contributed by atoms with Crippen molar-refractivity contribution in [3.63, 3.8) is 0 Å². The van der Waals surface area contributed by atoms with Crippen molar-refractivity contribution in [3.8, 4) is 10.6 Å². The molecule has 0 atom stereocenters. The zero-order valence-corrected chi connectivity index (χ0v) is 15.1. The summed E-state index contributed by atoms with van der Waals surface area (Å²) in [6, 6.07) is 2.00. The molecule has 0 bridgehead atoms. The minimum atomic E-state index is -0.180. The lowest BCUT2D eigenvalue weighted by atomic mass is 10.3. The van der Waals surface area contributed by atoms with Crippen LogP contribution in [0.1, 0.15) is 22.3 Å². The van der Waals surface area contributed by atoms with Crippen molar-refractivity contribution < 1.29 is 4.79 Å². The lowest BCUT2D eigenvalue weighted by Gasteiger charge is -1.97. The van der Waals surface area contributed by atoms with Crippen molar-refractivity contribution in [2.24, 2.45) is 0 Å². The minimum Gasteiger partial charge on any atom is -0.296 e. The number of aryl methyl sites for hydroxylation is 1. The van der Waals surface area contributed by atoms with Gasteiger partial charge in [-0.25, -0.2) is 4.98 Å². The maximum absolute atomic E-state index is 12.4. The van der Waals surface area contributed by atoms with E-state index in [1.54, 1.807) is 23.1 Å². The van der Waals surface area contributed by atoms with Crippen LogP contribution in [0.25, 0.3) is 10.6 Å². The predicted molar refractivity (Wildman–Crippen MR) is 94.4 cm³/mol. The molecule has 3 rings (SSSR count). The molecule has 0 unspecified atom stereocenters. The molecule has 3 aromatic heterocycles. The second kappa shape index (κ2) is 6.86. The molecule has 0 aromatic carbocycles. The highest BCUT2D eigenvalue weighted by Gasteiger charge is 2.18. The van der Waals surface area contributed by atoms with Gasteiger partial charge in [-0.3, -0.25) is 10.1 Å². The molecule has 0 aliphatic carbocycles. The molecule has 0 aliphatic rings. The van der Waals surface area contributed by atoms with Crippen molar-refractivity contribution in [2.75, 3.05) is 11.1 Å². The fourth-order valence-electron chi connectivity index (χ4n) is 1.71. The number of hydrogen-bond acceptors (Lipinski definition) is 8. The highest BCUT2D eigenvalue weighted by atomic mass is 32.2. The molecule has 0 fully saturated rings. The van der Waals surface area contributed by atoms with Gasteiger partial charge in [0, 0.05) is 10.9 Å². The van der Waals surface area contributed by atoms with Gasteiger partial charge in [-0.15, -0.1) is 21.5 Å². The Morgan fingerprint density at radius 3 is 2.95 bits per heavy atom. The number of nitrogens with zero attached hydrogens (tertiary/aromatic N) is 3. The van der Waals surface area contributed by atoms with Crippen LogP contribution in [0, 0.1) is 6.92 Å². The Hall–Kier alpha value is -1.29. The first-order valence-corrected chi connectivity index (χ1v) is 10.0. The number of thiazole rings is 1. The Morgan fingerprint density at radius 1 is 1.36 bits per heavy atom. The first-order chi connectivity index (χ1) is 10.7. The Kier molecular flexibility index (Phi) is 4.87. The van der Waals surface area contributed by atoms with E-state index in [1.807, 2.05) is 23.8 Å². The molecule has 1 amide bonds. The van der Waals surface area contributed by atoms with E-state index in [-0.39, 0.29) is 5.91 Å². The Balaban J connectivity index is 1.77. The topological polar surface area (TPSA) is 67.8 Å². The van der Waals surface area contributed by atoms with Crippen LogP contribution < -0.4 is 5.32 Å². The number of aromatic nitrogens is 3. The summed E-state index contributed by atoms with van der Waals surface area (Å²) in [5.41, 5.74) is 1.78. The first-order valence-electron chi connectivity index (χ1n) is 6.45. The summed E-state index contributed by atoms with van der Waals surface area (Å²) < 4.78 is 0.859. The van der Waals surface area contributed by atoms with Gasteiger partial charge in [-0.05, 0) is 24.1 Å². The predicted octanol–water partition coefficient (Wildman–Crippen LogP) is 4.40.